The van der Waals surface area contributed by atoms with E-state index in [4.69, 9.17) is 0 Å². The predicted molar refractivity (Wildman–Crippen MR) is 104 cm³/mol. The molecule has 0 saturated heterocycles. The zero-order chi connectivity index (χ0) is 17.5. The Morgan fingerprint density at radius 2 is 1.48 bits per heavy atom. The summed E-state index contributed by atoms with van der Waals surface area (Å²) >= 11 is 1.51. The summed E-state index contributed by atoms with van der Waals surface area (Å²) in [6, 6.07) is 25.3. The van der Waals surface area contributed by atoms with Gasteiger partial charge in [0.1, 0.15) is 0 Å². The van der Waals surface area contributed by atoms with Crippen molar-refractivity contribution in [3.63, 3.8) is 0 Å². The summed E-state index contributed by atoms with van der Waals surface area (Å²) in [6.45, 7) is 2.03. The smallest absolute Gasteiger partial charge is 0.245 e. The topological polar surface area (TPSA) is 33.2 Å². The first-order valence-electron chi connectivity index (χ1n) is 8.31. The molecule has 0 aliphatic heterocycles. The molecule has 0 fully saturated rings. The minimum atomic E-state index is -0.199. The Morgan fingerprint density at radius 3 is 1.96 bits per heavy atom. The Balaban J connectivity index is 1.93. The van der Waals surface area contributed by atoms with E-state index in [-0.39, 0.29) is 11.2 Å². The average molecular weight is 348 g/mol. The Kier molecular flexibility index (Phi) is 5.86. The van der Waals surface area contributed by atoms with Crippen LogP contribution in [0.5, 0.6) is 0 Å². The van der Waals surface area contributed by atoms with Crippen LogP contribution in [0.1, 0.15) is 13.3 Å². The molecule has 1 amide bonds. The zero-order valence-electron chi connectivity index (χ0n) is 14.1. The molecule has 0 bridgehead atoms. The summed E-state index contributed by atoms with van der Waals surface area (Å²) < 4.78 is 0. The molecule has 3 rings (SSSR count). The summed E-state index contributed by atoms with van der Waals surface area (Å²) in [6.07, 6.45) is 2.49. The fraction of sp³-hybridized carbons (Fsp3) is 0.143. The fourth-order valence-electron chi connectivity index (χ4n) is 2.57. The van der Waals surface area contributed by atoms with E-state index in [1.165, 1.54) is 11.8 Å². The van der Waals surface area contributed by atoms with E-state index in [1.54, 1.807) is 11.1 Å². The van der Waals surface area contributed by atoms with Gasteiger partial charge in [0.25, 0.3) is 0 Å². The minimum Gasteiger partial charge on any atom is -0.280 e. The van der Waals surface area contributed by atoms with Crippen molar-refractivity contribution in [2.75, 3.05) is 4.90 Å². The summed E-state index contributed by atoms with van der Waals surface area (Å²) in [4.78, 5) is 19.5. The van der Waals surface area contributed by atoms with Crippen molar-refractivity contribution >= 4 is 29.0 Å². The van der Waals surface area contributed by atoms with Gasteiger partial charge in [0.05, 0.1) is 10.3 Å². The average Bonchev–Trinajstić information content (AvgIpc) is 2.69. The summed E-state index contributed by atoms with van der Waals surface area (Å²) in [5.74, 6) is 0.0653. The van der Waals surface area contributed by atoms with E-state index >= 15 is 0 Å². The molecule has 1 unspecified atom stereocenters. The van der Waals surface area contributed by atoms with Crippen molar-refractivity contribution in [3.8, 4) is 0 Å². The van der Waals surface area contributed by atoms with Crippen LogP contribution < -0.4 is 4.90 Å². The maximum absolute atomic E-state index is 13.4. The summed E-state index contributed by atoms with van der Waals surface area (Å²) in [5, 5.41) is 0.666. The standard InChI is InChI=1S/C21H20N2OS/c1-2-19(25-20-15-9-10-16-22-20)21(24)23(17-11-5-3-6-12-17)18-13-7-4-8-14-18/h3-16,19H,2H2,1H3. The quantitative estimate of drug-likeness (QED) is 0.565. The summed E-state index contributed by atoms with van der Waals surface area (Å²) in [7, 11) is 0. The number of hydrogen-bond donors (Lipinski definition) is 0. The lowest BCUT2D eigenvalue weighted by Gasteiger charge is -2.27. The van der Waals surface area contributed by atoms with E-state index in [9.17, 15) is 4.79 Å². The van der Waals surface area contributed by atoms with Gasteiger partial charge in [-0.3, -0.25) is 9.69 Å². The van der Waals surface area contributed by atoms with Crippen molar-refractivity contribution in [1.82, 2.24) is 4.98 Å². The van der Waals surface area contributed by atoms with Crippen LogP contribution in [0.2, 0.25) is 0 Å². The molecule has 2 aromatic carbocycles. The molecule has 3 nitrogen and oxygen atoms in total. The number of hydrogen-bond acceptors (Lipinski definition) is 3. The molecule has 0 radical (unpaired) electrons. The Morgan fingerprint density at radius 1 is 0.920 bits per heavy atom. The van der Waals surface area contributed by atoms with Gasteiger partial charge in [-0.2, -0.15) is 0 Å². The molecule has 4 heteroatoms. The van der Waals surface area contributed by atoms with Gasteiger partial charge in [-0.25, -0.2) is 4.98 Å². The minimum absolute atomic E-state index is 0.0653. The highest BCUT2D eigenvalue weighted by Crippen LogP contribution is 2.31. The van der Waals surface area contributed by atoms with Crippen LogP contribution in [0.4, 0.5) is 11.4 Å². The van der Waals surface area contributed by atoms with Crippen LogP contribution in [-0.4, -0.2) is 16.1 Å². The zero-order valence-corrected chi connectivity index (χ0v) is 14.9. The van der Waals surface area contributed by atoms with Gasteiger partial charge >= 0.3 is 0 Å². The molecule has 0 aliphatic rings. The van der Waals surface area contributed by atoms with Gasteiger partial charge in [-0.05, 0) is 42.8 Å². The Hall–Kier alpha value is -2.59. The number of rotatable bonds is 6. The number of aromatic nitrogens is 1. The highest BCUT2D eigenvalue weighted by atomic mass is 32.2. The van der Waals surface area contributed by atoms with E-state index in [0.29, 0.717) is 0 Å². The molecule has 0 aliphatic carbocycles. The number of nitrogens with zero attached hydrogens (tertiary/aromatic N) is 2. The molecule has 0 saturated carbocycles. The first-order valence-corrected chi connectivity index (χ1v) is 9.19. The number of pyridine rings is 1. The predicted octanol–water partition coefficient (Wildman–Crippen LogP) is 5.32. The van der Waals surface area contributed by atoms with Crippen molar-refractivity contribution in [1.29, 1.82) is 0 Å². The lowest BCUT2D eigenvalue weighted by molar-refractivity contribution is -0.117. The van der Waals surface area contributed by atoms with Crippen LogP contribution in [-0.2, 0) is 4.79 Å². The SMILES string of the molecule is CCC(Sc1ccccn1)C(=O)N(c1ccccc1)c1ccccc1. The monoisotopic (exact) mass is 348 g/mol. The maximum Gasteiger partial charge on any atom is 0.245 e. The fourth-order valence-corrected chi connectivity index (χ4v) is 3.52. The van der Waals surface area contributed by atoms with Crippen molar-refractivity contribution in [2.45, 2.75) is 23.6 Å². The largest absolute Gasteiger partial charge is 0.280 e. The number of carbonyl (C=O) groups excluding carboxylic acids is 1. The molecule has 0 spiro atoms. The first kappa shape index (κ1) is 17.2. The normalized spacial score (nSPS) is 11.7. The van der Waals surface area contributed by atoms with Crippen LogP contribution in [0.25, 0.3) is 0 Å². The lowest BCUT2D eigenvalue weighted by atomic mass is 10.2. The van der Waals surface area contributed by atoms with Crippen molar-refractivity contribution in [2.24, 2.45) is 0 Å². The third-order valence-electron chi connectivity index (χ3n) is 3.80. The number of carbonyl (C=O) groups is 1. The van der Waals surface area contributed by atoms with E-state index < -0.39 is 0 Å². The van der Waals surface area contributed by atoms with Gasteiger partial charge in [-0.1, -0.05) is 61.2 Å². The van der Waals surface area contributed by atoms with Gasteiger partial charge in [-0.15, -0.1) is 0 Å². The molecule has 0 N–H and O–H groups in total. The molecule has 126 valence electrons. The van der Waals surface area contributed by atoms with Gasteiger partial charge in [0.2, 0.25) is 5.91 Å². The van der Waals surface area contributed by atoms with Crippen LogP contribution in [0.3, 0.4) is 0 Å². The van der Waals surface area contributed by atoms with Crippen molar-refractivity contribution in [3.05, 3.63) is 85.1 Å². The van der Waals surface area contributed by atoms with Crippen LogP contribution >= 0.6 is 11.8 Å². The third-order valence-corrected chi connectivity index (χ3v) is 5.10. The Labute approximate surface area is 152 Å². The molecular weight excluding hydrogens is 328 g/mol. The third kappa shape index (κ3) is 4.28. The second-order valence-electron chi connectivity index (χ2n) is 5.53. The molecule has 3 aromatic rings. The molecular formula is C21H20N2OS. The van der Waals surface area contributed by atoms with Gasteiger partial charge in [0, 0.05) is 17.6 Å². The van der Waals surface area contributed by atoms with E-state index in [2.05, 4.69) is 4.98 Å². The van der Waals surface area contributed by atoms with Gasteiger partial charge in [0.15, 0.2) is 0 Å². The Bertz CT molecular complexity index is 754. The highest BCUT2D eigenvalue weighted by Gasteiger charge is 2.26. The number of benzene rings is 2. The number of thioether (sulfide) groups is 1. The first-order chi connectivity index (χ1) is 12.3. The lowest BCUT2D eigenvalue weighted by Crippen LogP contribution is -2.34. The van der Waals surface area contributed by atoms with E-state index in [0.717, 1.165) is 22.8 Å². The highest BCUT2D eigenvalue weighted by molar-refractivity contribution is 8.00. The number of para-hydroxylation sites is 2. The number of anilines is 2. The van der Waals surface area contributed by atoms with Gasteiger partial charge < -0.3 is 0 Å². The number of amides is 1. The molecule has 25 heavy (non-hydrogen) atoms. The summed E-state index contributed by atoms with van der Waals surface area (Å²) in [5.41, 5.74) is 1.75. The second kappa shape index (κ2) is 8.49. The van der Waals surface area contributed by atoms with Crippen LogP contribution in [0.15, 0.2) is 90.1 Å². The second-order valence-corrected chi connectivity index (χ2v) is 6.75. The molecule has 1 heterocycles. The van der Waals surface area contributed by atoms with Crippen LogP contribution in [0, 0.1) is 0 Å². The van der Waals surface area contributed by atoms with E-state index in [1.807, 2.05) is 85.8 Å². The van der Waals surface area contributed by atoms with Crippen molar-refractivity contribution < 1.29 is 4.79 Å². The molecule has 1 atom stereocenters. The maximum atomic E-state index is 13.4. The molecule has 1 aromatic heterocycles.